The number of aliphatic carboxylic acids is 1. The first-order valence-corrected chi connectivity index (χ1v) is 16.3. The summed E-state index contributed by atoms with van der Waals surface area (Å²) in [6.45, 7) is 15.7. The van der Waals surface area contributed by atoms with Gasteiger partial charge in [0.05, 0.1) is 19.8 Å². The molecule has 1 N–H and O–H groups in total. The zero-order chi connectivity index (χ0) is 34.3. The molecule has 2 amide bonds. The van der Waals surface area contributed by atoms with E-state index in [4.69, 9.17) is 28.0 Å². The second kappa shape index (κ2) is 14.6. The molecule has 2 saturated carbocycles. The van der Waals surface area contributed by atoms with Gasteiger partial charge in [-0.05, 0) is 58.3 Å². The molecule has 2 aliphatic heterocycles. The molecule has 48 heavy (non-hydrogen) atoms. The second-order valence-electron chi connectivity index (χ2n) is 12.3. The molecule has 2 aliphatic carbocycles. The average Bonchev–Trinajstić information content (AvgIpc) is 3.51. The van der Waals surface area contributed by atoms with E-state index >= 15 is 0 Å². The molecule has 2 spiro atoms. The van der Waals surface area contributed by atoms with Crippen molar-refractivity contribution in [2.45, 2.75) is 82.5 Å². The second-order valence-corrected chi connectivity index (χ2v) is 12.3. The number of rotatable bonds is 7. The van der Waals surface area contributed by atoms with Gasteiger partial charge in [0.2, 0.25) is 0 Å². The third kappa shape index (κ3) is 6.98. The number of hydrogen-bond acceptors (Lipinski definition) is 7. The number of carbonyl (C=O) groups is 4. The minimum Gasteiger partial charge on any atom is -0.480 e. The predicted molar refractivity (Wildman–Crippen MR) is 178 cm³/mol. The Kier molecular flexibility index (Phi) is 10.3. The zero-order valence-corrected chi connectivity index (χ0v) is 27.0. The first-order chi connectivity index (χ1) is 23.1. The number of hydrogen-bond donors (Lipinski definition) is 1. The van der Waals surface area contributed by atoms with E-state index in [2.05, 4.69) is 14.7 Å². The van der Waals surface area contributed by atoms with Crippen LogP contribution >= 0.6 is 0 Å². The van der Waals surface area contributed by atoms with Crippen LogP contribution in [0.4, 0.5) is 11.4 Å². The Morgan fingerprint density at radius 2 is 1.12 bits per heavy atom. The lowest BCUT2D eigenvalue weighted by Gasteiger charge is -2.38. The van der Waals surface area contributed by atoms with E-state index in [1.54, 1.807) is 60.4 Å². The minimum absolute atomic E-state index is 0.0696. The van der Waals surface area contributed by atoms with Crippen LogP contribution in [0.2, 0.25) is 0 Å². The fourth-order valence-electron chi connectivity index (χ4n) is 6.94. The summed E-state index contributed by atoms with van der Waals surface area (Å²) in [5.41, 5.74) is 1.69. The molecule has 248 valence electrons. The first kappa shape index (κ1) is 34.0. The summed E-state index contributed by atoms with van der Waals surface area (Å²) in [6, 6.07) is 13.5. The van der Waals surface area contributed by atoms with Crippen LogP contribution in [0, 0.1) is 13.1 Å². The third-order valence-corrected chi connectivity index (χ3v) is 9.27. The van der Waals surface area contributed by atoms with E-state index in [9.17, 15) is 19.2 Å². The largest absolute Gasteiger partial charge is 0.480 e. The summed E-state index contributed by atoms with van der Waals surface area (Å²) in [7, 11) is 0. The number of esters is 1. The van der Waals surface area contributed by atoms with Crippen molar-refractivity contribution in [1.82, 2.24) is 9.80 Å². The van der Waals surface area contributed by atoms with Crippen LogP contribution in [0.1, 0.15) is 82.3 Å². The van der Waals surface area contributed by atoms with Gasteiger partial charge in [0.25, 0.3) is 11.8 Å². The van der Waals surface area contributed by atoms with Gasteiger partial charge < -0.3 is 19.6 Å². The van der Waals surface area contributed by atoms with Crippen LogP contribution in [0.25, 0.3) is 9.69 Å². The zero-order valence-electron chi connectivity index (χ0n) is 27.0. The highest BCUT2D eigenvalue weighted by molar-refractivity contribution is 6.47. The highest BCUT2D eigenvalue weighted by Crippen LogP contribution is 2.41. The molecule has 12 nitrogen and oxygen atoms in total. The Morgan fingerprint density at radius 1 is 0.729 bits per heavy atom. The van der Waals surface area contributed by atoms with Crippen molar-refractivity contribution in [3.8, 4) is 0 Å². The topological polar surface area (TPSA) is 138 Å². The minimum atomic E-state index is -1.02. The molecular formula is C36H38N6O6. The molecule has 0 aromatic heterocycles. The Hall–Kier alpha value is -5.36. The summed E-state index contributed by atoms with van der Waals surface area (Å²) < 4.78 is 5.04. The molecule has 0 radical (unpaired) electrons. The van der Waals surface area contributed by atoms with Crippen molar-refractivity contribution in [2.24, 2.45) is 9.98 Å². The number of carboxylic acids is 1. The number of aliphatic imine (C=N–C) groups is 2. The smallest absolute Gasteiger partial charge is 0.325 e. The quantitative estimate of drug-likeness (QED) is 0.301. The standard InChI is InChI=1S/C19H21N3O3.C17H17N3O3/c1-3-25-16(23)13-22-18(24)17(14-7-9-15(20-2)10-8-14)21-19(22)11-5-4-6-12-19;1-18-13-7-5-12(6-8-13)15-16(23)20(11-14(21)22)17(19-15)9-3-2-4-10-17/h7-10H,3-6,11-13H2,1H3;5-8H,2-4,9-11H2,(H,21,22). The fourth-order valence-corrected chi connectivity index (χ4v) is 6.94. The van der Waals surface area contributed by atoms with Gasteiger partial charge in [-0.1, -0.05) is 61.4 Å². The molecule has 12 heteroatoms. The molecule has 2 aromatic rings. The summed E-state index contributed by atoms with van der Waals surface area (Å²) in [6.07, 6.45) is 9.00. The van der Waals surface area contributed by atoms with Crippen molar-refractivity contribution in [1.29, 1.82) is 0 Å². The fraction of sp³-hybridized carbons (Fsp3) is 0.444. The lowest BCUT2D eigenvalue weighted by atomic mass is 9.88. The van der Waals surface area contributed by atoms with E-state index in [0.29, 0.717) is 53.4 Å². The average molecular weight is 651 g/mol. The molecule has 2 heterocycles. The Morgan fingerprint density at radius 3 is 1.48 bits per heavy atom. The molecule has 2 fully saturated rings. The summed E-state index contributed by atoms with van der Waals surface area (Å²) in [4.78, 5) is 68.1. The van der Waals surface area contributed by atoms with E-state index in [-0.39, 0.29) is 24.9 Å². The molecule has 2 aromatic carbocycles. The Balaban J connectivity index is 0.000000188. The van der Waals surface area contributed by atoms with Gasteiger partial charge in [-0.3, -0.25) is 29.2 Å². The van der Waals surface area contributed by atoms with Crippen molar-refractivity contribution in [2.75, 3.05) is 19.7 Å². The first-order valence-electron chi connectivity index (χ1n) is 16.3. The Labute approximate surface area is 279 Å². The van der Waals surface area contributed by atoms with Crippen LogP contribution in [0.3, 0.4) is 0 Å². The van der Waals surface area contributed by atoms with Crippen LogP contribution in [0.5, 0.6) is 0 Å². The molecule has 0 saturated heterocycles. The maximum atomic E-state index is 13.0. The number of carbonyl (C=O) groups excluding carboxylic acids is 3. The van der Waals surface area contributed by atoms with Gasteiger partial charge in [-0.25, -0.2) is 9.69 Å². The van der Waals surface area contributed by atoms with Gasteiger partial charge in [-0.2, -0.15) is 0 Å². The van der Waals surface area contributed by atoms with Crippen LogP contribution in [-0.4, -0.2) is 81.1 Å². The van der Waals surface area contributed by atoms with E-state index in [1.807, 2.05) is 0 Å². The molecule has 4 aliphatic rings. The van der Waals surface area contributed by atoms with E-state index in [0.717, 1.165) is 51.4 Å². The normalized spacial score (nSPS) is 19.1. The van der Waals surface area contributed by atoms with Gasteiger partial charge in [0.1, 0.15) is 35.8 Å². The number of carboxylic acid groups (broad SMARTS) is 1. The predicted octanol–water partition coefficient (Wildman–Crippen LogP) is 5.71. The van der Waals surface area contributed by atoms with Gasteiger partial charge in [0.15, 0.2) is 11.4 Å². The number of benzene rings is 2. The summed E-state index contributed by atoms with van der Waals surface area (Å²) in [5, 5.41) is 9.15. The van der Waals surface area contributed by atoms with Crippen molar-refractivity contribution in [3.63, 3.8) is 0 Å². The SMILES string of the molecule is [C-]#[N+]c1ccc(C2=NC3(CCCCC3)N(CC(=O)O)C2=O)cc1.[C-]#[N+]c1ccc(C2=NC3(CCCCC3)N(CC(=O)OCC)C2=O)cc1. The monoisotopic (exact) mass is 650 g/mol. The van der Waals surface area contributed by atoms with Crippen LogP contribution in [-0.2, 0) is 23.9 Å². The highest BCUT2D eigenvalue weighted by Gasteiger charge is 2.49. The van der Waals surface area contributed by atoms with E-state index in [1.165, 1.54) is 4.90 Å². The molecular weight excluding hydrogens is 612 g/mol. The lowest BCUT2D eigenvalue weighted by molar-refractivity contribution is -0.150. The van der Waals surface area contributed by atoms with Crippen LogP contribution < -0.4 is 0 Å². The van der Waals surface area contributed by atoms with Gasteiger partial charge in [0, 0.05) is 11.1 Å². The molecule has 6 rings (SSSR count). The third-order valence-electron chi connectivity index (χ3n) is 9.27. The number of ether oxygens (including phenoxy) is 1. The highest BCUT2D eigenvalue weighted by atomic mass is 16.5. The van der Waals surface area contributed by atoms with Gasteiger partial charge >= 0.3 is 11.9 Å². The molecule has 0 atom stereocenters. The molecule has 0 unspecified atom stereocenters. The van der Waals surface area contributed by atoms with Crippen LogP contribution in [0.15, 0.2) is 58.5 Å². The molecule has 0 bridgehead atoms. The maximum Gasteiger partial charge on any atom is 0.325 e. The van der Waals surface area contributed by atoms with Crippen molar-refractivity contribution in [3.05, 3.63) is 82.5 Å². The van der Waals surface area contributed by atoms with E-state index < -0.39 is 23.3 Å². The number of amides is 2. The number of nitrogens with zero attached hydrogens (tertiary/aromatic N) is 6. The summed E-state index contributed by atoms with van der Waals surface area (Å²) >= 11 is 0. The maximum absolute atomic E-state index is 13.0. The lowest BCUT2D eigenvalue weighted by Crippen LogP contribution is -2.50. The summed E-state index contributed by atoms with van der Waals surface area (Å²) in [5.74, 6) is -1.99. The van der Waals surface area contributed by atoms with Crippen molar-refractivity contribution < 1.29 is 29.0 Å². The van der Waals surface area contributed by atoms with Gasteiger partial charge in [-0.15, -0.1) is 0 Å². The Bertz CT molecular complexity index is 1700. The van der Waals surface area contributed by atoms with Crippen molar-refractivity contribution >= 4 is 46.6 Å².